The highest BCUT2D eigenvalue weighted by Crippen LogP contribution is 2.45. The van der Waals surface area contributed by atoms with E-state index in [0.29, 0.717) is 66.2 Å². The van der Waals surface area contributed by atoms with Crippen molar-refractivity contribution in [2.24, 2.45) is 20.5 Å². The predicted molar refractivity (Wildman–Crippen MR) is 327 cm³/mol. The van der Waals surface area contributed by atoms with Gasteiger partial charge >= 0.3 is 0 Å². The lowest BCUT2D eigenvalue weighted by Gasteiger charge is -2.26. The quantitative estimate of drug-likeness (QED) is 0.0553. The van der Waals surface area contributed by atoms with Crippen molar-refractivity contribution in [3.8, 4) is 22.6 Å². The molecule has 0 aliphatic heterocycles. The Bertz CT molecular complexity index is 4290. The van der Waals surface area contributed by atoms with Crippen molar-refractivity contribution in [2.45, 2.75) is 33.3 Å². The van der Waals surface area contributed by atoms with Gasteiger partial charge in [-0.15, -0.1) is 10.2 Å². The number of carbonyl (C=O) groups excluding carboxylic acids is 2. The highest BCUT2D eigenvalue weighted by molar-refractivity contribution is 6.33. The van der Waals surface area contributed by atoms with Crippen LogP contribution in [0.15, 0.2) is 239 Å². The summed E-state index contributed by atoms with van der Waals surface area (Å²) in [5.41, 5.74) is 15.8. The standard InChI is InChI=1S/C69H52ClN7O5/c1-42-18-28-52(29-19-42)77(53-30-20-43(2)21-31-53)54-32-24-44(25-33-54)22-23-45-10-9-13-49(36-45)71-69(81)61-38-47-12-4-6-15-56(47)65(68(61)80)75-73-51-27-35-58-57-34-26-50(39-59(57)67(79)60(58)40-51)72-74-64-55-14-5-3-11-46(55)37-48(66(64)78)41-82-76-63-17-8-7-16-62(63)70/h3-21,24-40,76,78,80H,22-23,41H2,1-2H3,(H,71,81). The van der Waals surface area contributed by atoms with Crippen molar-refractivity contribution in [2.75, 3.05) is 15.7 Å². The van der Waals surface area contributed by atoms with Gasteiger partial charge in [0.25, 0.3) is 5.91 Å². The number of amides is 1. The molecule has 12 nitrogen and oxygen atoms in total. The van der Waals surface area contributed by atoms with E-state index in [-0.39, 0.29) is 40.8 Å². The molecular weight excluding hydrogens is 1040 g/mol. The second-order valence-corrected chi connectivity index (χ2v) is 20.6. The topological polar surface area (TPSA) is 161 Å². The Hall–Kier alpha value is -10.3. The van der Waals surface area contributed by atoms with Gasteiger partial charge in [0.05, 0.1) is 27.6 Å². The normalized spacial score (nSPS) is 11.9. The second-order valence-electron chi connectivity index (χ2n) is 20.2. The van der Waals surface area contributed by atoms with Crippen LogP contribution in [0.4, 0.5) is 51.2 Å². The Labute approximate surface area is 478 Å². The minimum absolute atomic E-state index is 0.000698. The number of aromatic hydroxyl groups is 2. The van der Waals surface area contributed by atoms with Crippen molar-refractivity contribution in [3.63, 3.8) is 0 Å². The summed E-state index contributed by atoms with van der Waals surface area (Å²) in [6.07, 6.45) is 1.53. The molecule has 0 aromatic heterocycles. The second kappa shape index (κ2) is 22.8. The summed E-state index contributed by atoms with van der Waals surface area (Å²) in [6.45, 7) is 4.18. The van der Waals surface area contributed by atoms with Crippen molar-refractivity contribution in [3.05, 3.63) is 268 Å². The molecule has 0 saturated carbocycles. The summed E-state index contributed by atoms with van der Waals surface area (Å²) < 4.78 is 0. The summed E-state index contributed by atoms with van der Waals surface area (Å²) >= 11 is 6.28. The van der Waals surface area contributed by atoms with Crippen molar-refractivity contribution in [1.82, 2.24) is 0 Å². The lowest BCUT2D eigenvalue weighted by atomic mass is 10.0. The molecule has 0 atom stereocenters. The van der Waals surface area contributed by atoms with Crippen LogP contribution in [0.3, 0.4) is 0 Å². The first-order valence-electron chi connectivity index (χ1n) is 26.7. The van der Waals surface area contributed by atoms with Gasteiger partial charge in [-0.1, -0.05) is 144 Å². The maximum Gasteiger partial charge on any atom is 0.259 e. The van der Waals surface area contributed by atoms with Crippen LogP contribution in [0.25, 0.3) is 32.7 Å². The highest BCUT2D eigenvalue weighted by Gasteiger charge is 2.28. The molecule has 0 heterocycles. The molecule has 11 aromatic rings. The summed E-state index contributed by atoms with van der Waals surface area (Å²) in [5, 5.41) is 47.6. The highest BCUT2D eigenvalue weighted by atomic mass is 35.5. The fourth-order valence-corrected chi connectivity index (χ4v) is 10.4. The van der Waals surface area contributed by atoms with Crippen LogP contribution in [-0.2, 0) is 24.3 Å². The molecule has 0 bridgehead atoms. The molecule has 1 aliphatic rings. The molecule has 0 radical (unpaired) electrons. The van der Waals surface area contributed by atoms with E-state index < -0.39 is 5.91 Å². The number of nitrogens with one attached hydrogen (secondary N) is 2. The Morgan fingerprint density at radius 3 is 1.67 bits per heavy atom. The number of phenolic OH excluding ortho intramolecular Hbond substituents is 2. The molecule has 1 aliphatic carbocycles. The van der Waals surface area contributed by atoms with Crippen molar-refractivity contribution < 1.29 is 24.6 Å². The molecule has 0 fully saturated rings. The van der Waals surface area contributed by atoms with Crippen LogP contribution in [0.5, 0.6) is 11.5 Å². The van der Waals surface area contributed by atoms with E-state index in [0.717, 1.165) is 46.4 Å². The van der Waals surface area contributed by atoms with Gasteiger partial charge < -0.3 is 20.4 Å². The third-order valence-electron chi connectivity index (χ3n) is 14.6. The van der Waals surface area contributed by atoms with Crippen molar-refractivity contribution >= 4 is 96.0 Å². The van der Waals surface area contributed by atoms with Crippen LogP contribution in [-0.4, -0.2) is 21.9 Å². The molecule has 0 saturated heterocycles. The van der Waals surface area contributed by atoms with Gasteiger partial charge in [0.15, 0.2) is 11.5 Å². The Morgan fingerprint density at radius 2 is 1.06 bits per heavy atom. The minimum Gasteiger partial charge on any atom is -0.505 e. The van der Waals surface area contributed by atoms with Crippen LogP contribution in [0.1, 0.15) is 54.1 Å². The van der Waals surface area contributed by atoms with E-state index in [1.54, 1.807) is 48.5 Å². The van der Waals surface area contributed by atoms with E-state index in [4.69, 9.17) is 16.4 Å². The molecule has 82 heavy (non-hydrogen) atoms. The smallest absolute Gasteiger partial charge is 0.259 e. The number of hydrogen-bond donors (Lipinski definition) is 4. The van der Waals surface area contributed by atoms with Crippen LogP contribution < -0.4 is 15.7 Å². The number of aryl methyl sites for hydroxylation is 4. The average molecular weight is 1090 g/mol. The zero-order valence-corrected chi connectivity index (χ0v) is 45.4. The molecule has 0 spiro atoms. The first kappa shape index (κ1) is 52.4. The van der Waals surface area contributed by atoms with Gasteiger partial charge in [-0.05, 0) is 157 Å². The first-order chi connectivity index (χ1) is 40.0. The third kappa shape index (κ3) is 10.9. The number of rotatable bonds is 16. The molecule has 11 aromatic carbocycles. The SMILES string of the molecule is Cc1ccc(N(c2ccc(C)cc2)c2ccc(CCc3cccc(NC(=O)c4cc5ccccc5c(N=Nc5ccc6c(c5)C(=O)c5cc(N=Nc7c(O)c(CONc8ccccc8Cl)cc8ccccc78)ccc5-6)c4O)c3)cc2)cc1. The molecule has 4 N–H and O–H groups in total. The van der Waals surface area contributed by atoms with Gasteiger partial charge in [-0.2, -0.15) is 10.2 Å². The van der Waals surface area contributed by atoms with E-state index in [1.165, 1.54) is 16.7 Å². The van der Waals surface area contributed by atoms with E-state index >= 15 is 0 Å². The van der Waals surface area contributed by atoms with Gasteiger partial charge in [-0.25, -0.2) is 0 Å². The number of fused-ring (bicyclic) bond motifs is 5. The zero-order valence-electron chi connectivity index (χ0n) is 44.6. The number of para-hydroxylation sites is 1. The van der Waals surface area contributed by atoms with E-state index in [9.17, 15) is 19.8 Å². The predicted octanol–water partition coefficient (Wildman–Crippen LogP) is 18.8. The van der Waals surface area contributed by atoms with E-state index in [2.05, 4.69) is 123 Å². The lowest BCUT2D eigenvalue weighted by molar-refractivity contribution is 0.102. The summed E-state index contributed by atoms with van der Waals surface area (Å²) in [4.78, 5) is 36.2. The number of phenols is 2. The fourth-order valence-electron chi connectivity index (χ4n) is 10.2. The van der Waals surface area contributed by atoms with Gasteiger partial charge in [0, 0.05) is 50.2 Å². The average Bonchev–Trinajstić information content (AvgIpc) is 3.68. The van der Waals surface area contributed by atoms with Gasteiger partial charge in [0.2, 0.25) is 0 Å². The molecule has 1 amide bonds. The number of ketones is 1. The number of carbonyl (C=O) groups is 2. The number of nitrogens with zero attached hydrogens (tertiary/aromatic N) is 5. The molecule has 0 unspecified atom stereocenters. The van der Waals surface area contributed by atoms with Crippen LogP contribution in [0.2, 0.25) is 5.02 Å². The minimum atomic E-state index is -0.509. The molecular formula is C69H52ClN7O5. The maximum atomic E-state index is 14.1. The van der Waals surface area contributed by atoms with Gasteiger partial charge in [-0.3, -0.25) is 19.9 Å². The summed E-state index contributed by atoms with van der Waals surface area (Å²) in [6, 6.07) is 69.4. The largest absolute Gasteiger partial charge is 0.505 e. The van der Waals surface area contributed by atoms with Crippen LogP contribution in [0, 0.1) is 13.8 Å². The number of azo groups is 2. The molecule has 400 valence electrons. The van der Waals surface area contributed by atoms with Gasteiger partial charge in [0.1, 0.15) is 23.7 Å². The molecule has 12 rings (SSSR count). The Kier molecular flexibility index (Phi) is 14.6. The number of halogens is 1. The van der Waals surface area contributed by atoms with Crippen molar-refractivity contribution in [1.29, 1.82) is 0 Å². The van der Waals surface area contributed by atoms with Crippen LogP contribution >= 0.6 is 11.6 Å². The van der Waals surface area contributed by atoms with E-state index in [1.807, 2.05) is 97.1 Å². The first-order valence-corrected chi connectivity index (χ1v) is 27.1. The fraction of sp³-hybridized carbons (Fsp3) is 0.0725. The number of hydrogen-bond acceptors (Lipinski definition) is 11. The lowest BCUT2D eigenvalue weighted by Crippen LogP contribution is -2.12. The maximum absolute atomic E-state index is 14.1. The number of anilines is 5. The number of benzene rings is 11. The molecule has 13 heteroatoms. The third-order valence-corrected chi connectivity index (χ3v) is 14.9. The Morgan fingerprint density at radius 1 is 0.524 bits per heavy atom. The zero-order chi connectivity index (χ0) is 56.3. The monoisotopic (exact) mass is 1090 g/mol. The summed E-state index contributed by atoms with van der Waals surface area (Å²) in [7, 11) is 0. The summed E-state index contributed by atoms with van der Waals surface area (Å²) in [5.74, 6) is -1.17. The Balaban J connectivity index is 0.730.